The van der Waals surface area contributed by atoms with Crippen LogP contribution < -0.4 is 4.74 Å². The topological polar surface area (TPSA) is 42.2 Å². The average Bonchev–Trinajstić information content (AvgIpc) is 2.42. The van der Waals surface area contributed by atoms with E-state index in [-0.39, 0.29) is 0 Å². The van der Waals surface area contributed by atoms with E-state index in [9.17, 15) is 0 Å². The number of nitrogens with zero attached hydrogens (tertiary/aromatic N) is 1. The first-order valence-electron chi connectivity index (χ1n) is 7.62. The van der Waals surface area contributed by atoms with Gasteiger partial charge in [-0.25, -0.2) is 0 Å². The predicted octanol–water partition coefficient (Wildman–Crippen LogP) is 4.30. The highest BCUT2D eigenvalue weighted by atomic mass is 16.5. The van der Waals surface area contributed by atoms with Gasteiger partial charge in [0.25, 0.3) is 0 Å². The summed E-state index contributed by atoms with van der Waals surface area (Å²) in [5.74, 6) is 1.34. The zero-order chi connectivity index (χ0) is 15.5. The highest BCUT2D eigenvalue weighted by Gasteiger charge is 2.32. The quantitative estimate of drug-likeness (QED) is 0.829. The van der Waals surface area contributed by atoms with Gasteiger partial charge in [-0.05, 0) is 48.3 Å². The lowest BCUT2D eigenvalue weighted by Gasteiger charge is -2.38. The van der Waals surface area contributed by atoms with E-state index in [0.717, 1.165) is 18.4 Å². The summed E-state index contributed by atoms with van der Waals surface area (Å²) in [6.45, 7) is 7.53. The molecule has 3 heteroatoms. The van der Waals surface area contributed by atoms with Crippen molar-refractivity contribution >= 4 is 0 Å². The van der Waals surface area contributed by atoms with E-state index in [1.807, 2.05) is 12.1 Å². The van der Waals surface area contributed by atoms with Crippen LogP contribution in [0.2, 0.25) is 0 Å². The molecule has 114 valence electrons. The zero-order valence-electron chi connectivity index (χ0n) is 13.5. The van der Waals surface area contributed by atoms with Crippen LogP contribution in [-0.2, 0) is 11.3 Å². The number of hydrogen-bond acceptors (Lipinski definition) is 3. The van der Waals surface area contributed by atoms with Gasteiger partial charge in [0.05, 0.1) is 25.4 Å². The van der Waals surface area contributed by atoms with Gasteiger partial charge >= 0.3 is 0 Å². The Balaban J connectivity index is 1.98. The lowest BCUT2D eigenvalue weighted by Crippen LogP contribution is -2.32. The van der Waals surface area contributed by atoms with Crippen LogP contribution in [0.4, 0.5) is 0 Å². The molecule has 0 saturated heterocycles. The van der Waals surface area contributed by atoms with Gasteiger partial charge in [-0.3, -0.25) is 0 Å². The second kappa shape index (κ2) is 6.49. The summed E-state index contributed by atoms with van der Waals surface area (Å²) in [5, 5.41) is 9.00. The normalized spacial score (nSPS) is 24.3. The molecule has 21 heavy (non-hydrogen) atoms. The van der Waals surface area contributed by atoms with Gasteiger partial charge in [-0.15, -0.1) is 0 Å². The second-order valence-corrected chi connectivity index (χ2v) is 6.99. The first-order valence-corrected chi connectivity index (χ1v) is 7.62. The van der Waals surface area contributed by atoms with Crippen LogP contribution in [-0.4, -0.2) is 13.2 Å². The Bertz CT molecular complexity index is 531. The van der Waals surface area contributed by atoms with E-state index < -0.39 is 0 Å². The summed E-state index contributed by atoms with van der Waals surface area (Å²) >= 11 is 0. The fourth-order valence-corrected chi connectivity index (χ4v) is 3.52. The van der Waals surface area contributed by atoms with E-state index in [4.69, 9.17) is 14.7 Å². The largest absolute Gasteiger partial charge is 0.495 e. The summed E-state index contributed by atoms with van der Waals surface area (Å²) in [4.78, 5) is 0. The molecule has 1 aliphatic rings. The summed E-state index contributed by atoms with van der Waals surface area (Å²) in [7, 11) is 1.59. The van der Waals surface area contributed by atoms with E-state index in [0.29, 0.717) is 35.4 Å². The van der Waals surface area contributed by atoms with E-state index in [2.05, 4.69) is 26.8 Å². The van der Waals surface area contributed by atoms with Crippen molar-refractivity contribution in [1.82, 2.24) is 0 Å². The zero-order valence-corrected chi connectivity index (χ0v) is 13.5. The first-order chi connectivity index (χ1) is 9.93. The lowest BCUT2D eigenvalue weighted by molar-refractivity contribution is -0.0316. The van der Waals surface area contributed by atoms with Crippen molar-refractivity contribution in [3.8, 4) is 11.8 Å². The number of ether oxygens (including phenoxy) is 2. The van der Waals surface area contributed by atoms with Gasteiger partial charge in [0.2, 0.25) is 0 Å². The molecule has 1 aromatic rings. The Labute approximate surface area is 127 Å². The molecule has 1 saturated carbocycles. The van der Waals surface area contributed by atoms with Gasteiger partial charge in [-0.2, -0.15) is 5.26 Å². The third-order valence-electron chi connectivity index (χ3n) is 4.22. The Morgan fingerprint density at radius 2 is 2.10 bits per heavy atom. The minimum Gasteiger partial charge on any atom is -0.495 e. The molecule has 3 nitrogen and oxygen atoms in total. The lowest BCUT2D eigenvalue weighted by atomic mass is 9.71. The van der Waals surface area contributed by atoms with Gasteiger partial charge in [0, 0.05) is 0 Å². The molecule has 1 aromatic carbocycles. The van der Waals surface area contributed by atoms with Crippen LogP contribution in [0.1, 0.15) is 51.2 Å². The van der Waals surface area contributed by atoms with Gasteiger partial charge in [0.1, 0.15) is 11.8 Å². The minimum absolute atomic E-state index is 0.324. The average molecular weight is 287 g/mol. The molecule has 0 bridgehead atoms. The van der Waals surface area contributed by atoms with Crippen molar-refractivity contribution < 1.29 is 9.47 Å². The van der Waals surface area contributed by atoms with Gasteiger partial charge in [-0.1, -0.05) is 26.8 Å². The molecule has 0 N–H and O–H groups in total. The molecule has 0 radical (unpaired) electrons. The Morgan fingerprint density at radius 1 is 1.33 bits per heavy atom. The summed E-state index contributed by atoms with van der Waals surface area (Å²) < 4.78 is 11.4. The van der Waals surface area contributed by atoms with Crippen LogP contribution >= 0.6 is 0 Å². The molecule has 0 aliphatic heterocycles. The maximum atomic E-state index is 9.00. The van der Waals surface area contributed by atoms with Crippen LogP contribution in [0.25, 0.3) is 0 Å². The fraction of sp³-hybridized carbons (Fsp3) is 0.611. The fourth-order valence-electron chi connectivity index (χ4n) is 3.52. The summed E-state index contributed by atoms with van der Waals surface area (Å²) in [6.07, 6.45) is 3.85. The molecule has 1 fully saturated rings. The van der Waals surface area contributed by atoms with Crippen molar-refractivity contribution in [2.75, 3.05) is 7.11 Å². The van der Waals surface area contributed by atoms with Crippen LogP contribution in [0.15, 0.2) is 18.2 Å². The Morgan fingerprint density at radius 3 is 2.71 bits per heavy atom. The molecular weight excluding hydrogens is 262 g/mol. The smallest absolute Gasteiger partial charge is 0.136 e. The van der Waals surface area contributed by atoms with E-state index in [1.54, 1.807) is 13.2 Å². The number of methoxy groups -OCH3 is 1. The first kappa shape index (κ1) is 15.9. The van der Waals surface area contributed by atoms with Gasteiger partial charge < -0.3 is 9.47 Å². The molecular formula is C18H25NO2. The van der Waals surface area contributed by atoms with Crippen molar-refractivity contribution in [3.63, 3.8) is 0 Å². The Hall–Kier alpha value is -1.53. The number of nitriles is 1. The molecule has 2 unspecified atom stereocenters. The van der Waals surface area contributed by atoms with Crippen molar-refractivity contribution in [2.45, 2.75) is 52.7 Å². The van der Waals surface area contributed by atoms with Crippen LogP contribution in [0.3, 0.4) is 0 Å². The third kappa shape index (κ3) is 4.22. The highest BCUT2D eigenvalue weighted by Crippen LogP contribution is 2.39. The molecule has 2 atom stereocenters. The molecule has 0 amide bonds. The summed E-state index contributed by atoms with van der Waals surface area (Å²) in [5.41, 5.74) is 1.99. The van der Waals surface area contributed by atoms with E-state index >= 15 is 0 Å². The van der Waals surface area contributed by atoms with Crippen molar-refractivity contribution in [3.05, 3.63) is 29.3 Å². The monoisotopic (exact) mass is 287 g/mol. The molecule has 0 heterocycles. The minimum atomic E-state index is 0.324. The molecule has 2 rings (SSSR count). The molecule has 0 aromatic heterocycles. The highest BCUT2D eigenvalue weighted by molar-refractivity contribution is 5.45. The SMILES string of the molecule is COc1cc(COC2CC(C)CC(C)(C)C2)ccc1C#N. The Kier molecular flexibility index (Phi) is 4.90. The molecule has 1 aliphatic carbocycles. The second-order valence-electron chi connectivity index (χ2n) is 6.99. The van der Waals surface area contributed by atoms with Crippen molar-refractivity contribution in [1.29, 1.82) is 5.26 Å². The van der Waals surface area contributed by atoms with Crippen LogP contribution in [0.5, 0.6) is 5.75 Å². The molecule has 0 spiro atoms. The number of rotatable bonds is 4. The maximum Gasteiger partial charge on any atom is 0.136 e. The van der Waals surface area contributed by atoms with Gasteiger partial charge in [0.15, 0.2) is 0 Å². The number of hydrogen-bond donors (Lipinski definition) is 0. The standard InChI is InChI=1S/C18H25NO2/c1-13-7-16(10-18(2,3)9-13)21-12-14-5-6-15(11-19)17(8-14)20-4/h5-6,8,13,16H,7,9-10,12H2,1-4H3. The predicted molar refractivity (Wildman–Crippen MR) is 83.1 cm³/mol. The summed E-state index contributed by atoms with van der Waals surface area (Å²) in [6, 6.07) is 7.77. The number of benzene rings is 1. The maximum absolute atomic E-state index is 9.00. The third-order valence-corrected chi connectivity index (χ3v) is 4.22. The van der Waals surface area contributed by atoms with Crippen molar-refractivity contribution in [2.24, 2.45) is 11.3 Å². The van der Waals surface area contributed by atoms with Crippen LogP contribution in [0, 0.1) is 22.7 Å². The van der Waals surface area contributed by atoms with E-state index in [1.165, 1.54) is 6.42 Å².